The van der Waals surface area contributed by atoms with Crippen molar-refractivity contribution < 1.29 is 4.79 Å². The molecule has 0 radical (unpaired) electrons. The fourth-order valence-corrected chi connectivity index (χ4v) is 1.29. The predicted octanol–water partition coefficient (Wildman–Crippen LogP) is 1.42. The summed E-state index contributed by atoms with van der Waals surface area (Å²) in [6.07, 6.45) is 3.25. The zero-order chi connectivity index (χ0) is 11.3. The minimum Gasteiger partial charge on any atom is -0.333 e. The number of carbonyl (C=O) groups excluding carboxylic acids is 1. The average molecular weight is 208 g/mol. The molecule has 2 rings (SSSR count). The first kappa shape index (κ1) is 11.4. The van der Waals surface area contributed by atoms with Crippen molar-refractivity contribution >= 4 is 12.0 Å². The number of hydrogen-bond acceptors (Lipinski definition) is 3. The van der Waals surface area contributed by atoms with Crippen molar-refractivity contribution in [1.82, 2.24) is 15.3 Å². The summed E-state index contributed by atoms with van der Waals surface area (Å²) in [4.78, 5) is 20.9. The molecule has 1 aliphatic rings. The van der Waals surface area contributed by atoms with Crippen LogP contribution in [0.5, 0.6) is 0 Å². The maximum atomic E-state index is 11.3. The molecule has 1 saturated heterocycles. The second kappa shape index (κ2) is 5.29. The van der Waals surface area contributed by atoms with Crippen molar-refractivity contribution in [2.24, 2.45) is 0 Å². The lowest BCUT2D eigenvalue weighted by molar-refractivity contribution is 0.251. The molecule has 0 aromatic carbocycles. The van der Waals surface area contributed by atoms with Gasteiger partial charge in [-0.05, 0) is 13.0 Å². The summed E-state index contributed by atoms with van der Waals surface area (Å²) in [5, 5.41) is 2.77. The highest BCUT2D eigenvalue weighted by molar-refractivity contribution is 5.92. The van der Waals surface area contributed by atoms with Gasteiger partial charge in [0.2, 0.25) is 5.95 Å². The molecule has 1 atom stereocenters. The lowest BCUT2D eigenvalue weighted by Crippen LogP contribution is -2.29. The summed E-state index contributed by atoms with van der Waals surface area (Å²) >= 11 is 0. The first-order chi connectivity index (χ1) is 7.27. The SMILES string of the molecule is CC.CC1CN(c2ncccn2)C(=O)N1. The van der Waals surface area contributed by atoms with Crippen molar-refractivity contribution in [2.45, 2.75) is 26.8 Å². The third-order valence-electron chi connectivity index (χ3n) is 1.87. The molecule has 2 amide bonds. The standard InChI is InChI=1S/C8H10N4O.C2H6/c1-6-5-12(8(13)11-6)7-9-3-2-4-10-7;1-2/h2-4,6H,5H2,1H3,(H,11,13);1-2H3. The monoisotopic (exact) mass is 208 g/mol. The summed E-state index contributed by atoms with van der Waals surface area (Å²) in [5.74, 6) is 0.462. The van der Waals surface area contributed by atoms with Gasteiger partial charge >= 0.3 is 6.03 Å². The number of nitrogens with zero attached hydrogens (tertiary/aromatic N) is 3. The van der Waals surface area contributed by atoms with E-state index in [0.29, 0.717) is 12.5 Å². The first-order valence-corrected chi connectivity index (χ1v) is 5.12. The Morgan fingerprint density at radius 3 is 2.47 bits per heavy atom. The van der Waals surface area contributed by atoms with E-state index in [1.165, 1.54) is 4.90 Å². The van der Waals surface area contributed by atoms with Crippen LogP contribution in [0.25, 0.3) is 0 Å². The number of rotatable bonds is 1. The maximum Gasteiger partial charge on any atom is 0.324 e. The van der Waals surface area contributed by atoms with Crippen LogP contribution in [0, 0.1) is 0 Å². The van der Waals surface area contributed by atoms with E-state index in [9.17, 15) is 4.79 Å². The van der Waals surface area contributed by atoms with Gasteiger partial charge < -0.3 is 5.32 Å². The maximum absolute atomic E-state index is 11.3. The molecule has 15 heavy (non-hydrogen) atoms. The summed E-state index contributed by atoms with van der Waals surface area (Å²) in [6, 6.07) is 1.76. The minimum atomic E-state index is -0.126. The predicted molar refractivity (Wildman–Crippen MR) is 58.7 cm³/mol. The largest absolute Gasteiger partial charge is 0.333 e. The van der Waals surface area contributed by atoms with Crippen molar-refractivity contribution in [3.8, 4) is 0 Å². The highest BCUT2D eigenvalue weighted by Crippen LogP contribution is 2.10. The second-order valence-corrected chi connectivity index (χ2v) is 3.01. The van der Waals surface area contributed by atoms with Crippen LogP contribution in [0.2, 0.25) is 0 Å². The summed E-state index contributed by atoms with van der Waals surface area (Å²) in [5.41, 5.74) is 0. The van der Waals surface area contributed by atoms with Crippen LogP contribution in [-0.4, -0.2) is 28.6 Å². The van der Waals surface area contributed by atoms with Crippen molar-refractivity contribution in [3.63, 3.8) is 0 Å². The lowest BCUT2D eigenvalue weighted by Gasteiger charge is -2.10. The van der Waals surface area contributed by atoms with E-state index in [1.54, 1.807) is 18.5 Å². The highest BCUT2D eigenvalue weighted by Gasteiger charge is 2.28. The van der Waals surface area contributed by atoms with Crippen LogP contribution in [0.4, 0.5) is 10.7 Å². The van der Waals surface area contributed by atoms with Crippen LogP contribution in [-0.2, 0) is 0 Å². The Bertz CT molecular complexity index is 314. The molecule has 82 valence electrons. The van der Waals surface area contributed by atoms with Gasteiger partial charge in [0.15, 0.2) is 0 Å². The number of anilines is 1. The van der Waals surface area contributed by atoms with Gasteiger partial charge in [-0.1, -0.05) is 13.8 Å². The van der Waals surface area contributed by atoms with Gasteiger partial charge in [0.05, 0.1) is 6.54 Å². The molecule has 2 heterocycles. The minimum absolute atomic E-state index is 0.126. The summed E-state index contributed by atoms with van der Waals surface area (Å²) in [7, 11) is 0. The van der Waals surface area contributed by atoms with Crippen LogP contribution in [0.15, 0.2) is 18.5 Å². The smallest absolute Gasteiger partial charge is 0.324 e. The fourth-order valence-electron chi connectivity index (χ4n) is 1.29. The summed E-state index contributed by atoms with van der Waals surface area (Å²) < 4.78 is 0. The summed E-state index contributed by atoms with van der Waals surface area (Å²) in [6.45, 7) is 6.57. The molecular weight excluding hydrogens is 192 g/mol. The quantitative estimate of drug-likeness (QED) is 0.759. The zero-order valence-corrected chi connectivity index (χ0v) is 9.27. The molecule has 1 aromatic rings. The average Bonchev–Trinajstić information content (AvgIpc) is 2.62. The van der Waals surface area contributed by atoms with Crippen molar-refractivity contribution in [2.75, 3.05) is 11.4 Å². The highest BCUT2D eigenvalue weighted by atomic mass is 16.2. The molecule has 0 aliphatic carbocycles. The van der Waals surface area contributed by atoms with Gasteiger partial charge in [0, 0.05) is 18.4 Å². The van der Waals surface area contributed by atoms with Crippen molar-refractivity contribution in [1.29, 1.82) is 0 Å². The van der Waals surface area contributed by atoms with Gasteiger partial charge in [-0.15, -0.1) is 0 Å². The molecular formula is C10H16N4O. The van der Waals surface area contributed by atoms with E-state index in [0.717, 1.165) is 0 Å². The molecule has 1 aromatic heterocycles. The molecule has 1 fully saturated rings. The Morgan fingerprint density at radius 2 is 2.00 bits per heavy atom. The first-order valence-electron chi connectivity index (χ1n) is 5.12. The third kappa shape index (κ3) is 2.65. The number of hydrogen-bond donors (Lipinski definition) is 1. The number of aromatic nitrogens is 2. The van der Waals surface area contributed by atoms with Gasteiger partial charge in [-0.3, -0.25) is 4.90 Å². The van der Waals surface area contributed by atoms with Crippen LogP contribution >= 0.6 is 0 Å². The number of amides is 2. The van der Waals surface area contributed by atoms with Gasteiger partial charge in [0.1, 0.15) is 0 Å². The molecule has 5 nitrogen and oxygen atoms in total. The van der Waals surface area contributed by atoms with E-state index in [4.69, 9.17) is 0 Å². The molecule has 0 saturated carbocycles. The number of urea groups is 1. The zero-order valence-electron chi connectivity index (χ0n) is 9.27. The van der Waals surface area contributed by atoms with Crippen molar-refractivity contribution in [3.05, 3.63) is 18.5 Å². The Labute approximate surface area is 89.5 Å². The molecule has 1 aliphatic heterocycles. The van der Waals surface area contributed by atoms with Gasteiger partial charge in [-0.25, -0.2) is 14.8 Å². The van der Waals surface area contributed by atoms with E-state index in [1.807, 2.05) is 20.8 Å². The Hall–Kier alpha value is -1.65. The third-order valence-corrected chi connectivity index (χ3v) is 1.87. The van der Waals surface area contributed by atoms with E-state index >= 15 is 0 Å². The van der Waals surface area contributed by atoms with Gasteiger partial charge in [0.25, 0.3) is 0 Å². The number of nitrogens with one attached hydrogen (secondary N) is 1. The van der Waals surface area contributed by atoms with Gasteiger partial charge in [-0.2, -0.15) is 0 Å². The molecule has 0 spiro atoms. The Balaban J connectivity index is 0.000000531. The van der Waals surface area contributed by atoms with E-state index in [-0.39, 0.29) is 12.1 Å². The van der Waals surface area contributed by atoms with E-state index < -0.39 is 0 Å². The molecule has 0 bridgehead atoms. The second-order valence-electron chi connectivity index (χ2n) is 3.01. The van der Waals surface area contributed by atoms with E-state index in [2.05, 4.69) is 15.3 Å². The van der Waals surface area contributed by atoms with Crippen LogP contribution < -0.4 is 10.2 Å². The normalized spacial score (nSPS) is 19.3. The molecule has 1 N–H and O–H groups in total. The fraction of sp³-hybridized carbons (Fsp3) is 0.500. The number of carbonyl (C=O) groups is 1. The van der Waals surface area contributed by atoms with Crippen LogP contribution in [0.1, 0.15) is 20.8 Å². The Morgan fingerprint density at radius 1 is 1.40 bits per heavy atom. The lowest BCUT2D eigenvalue weighted by atomic mass is 10.4. The Kier molecular flexibility index (Phi) is 4.03. The van der Waals surface area contributed by atoms with Crippen LogP contribution in [0.3, 0.4) is 0 Å². The topological polar surface area (TPSA) is 58.1 Å². The molecule has 5 heteroatoms. The molecule has 1 unspecified atom stereocenters.